The lowest BCUT2D eigenvalue weighted by Crippen LogP contribution is -2.51. The molecular weight excluding hydrogens is 388 g/mol. The Hall–Kier alpha value is -3.21. The van der Waals surface area contributed by atoms with Crippen molar-refractivity contribution >= 4 is 22.8 Å². The van der Waals surface area contributed by atoms with E-state index in [0.717, 1.165) is 24.8 Å². The van der Waals surface area contributed by atoms with Crippen molar-refractivity contribution in [2.75, 3.05) is 0 Å². The largest absolute Gasteiger partial charge is 0.449 e. The van der Waals surface area contributed by atoms with Crippen molar-refractivity contribution in [3.05, 3.63) is 66.2 Å². The molecule has 1 amide bonds. The van der Waals surface area contributed by atoms with Gasteiger partial charge in [-0.1, -0.05) is 48.5 Å². The number of hydrogen-bond donors (Lipinski definition) is 0. The first-order valence-corrected chi connectivity index (χ1v) is 10.9. The Morgan fingerprint density at radius 3 is 2.35 bits per heavy atom. The third kappa shape index (κ3) is 4.31. The van der Waals surface area contributed by atoms with Crippen molar-refractivity contribution in [2.24, 2.45) is 0 Å². The summed E-state index contributed by atoms with van der Waals surface area (Å²) < 4.78 is 5.69. The highest BCUT2D eigenvalue weighted by Gasteiger charge is 2.33. The number of hydrogen-bond acceptors (Lipinski definition) is 4. The number of amides is 1. The molecule has 0 saturated carbocycles. The first-order chi connectivity index (χ1) is 15.0. The summed E-state index contributed by atoms with van der Waals surface area (Å²) in [5, 5.41) is 0.714. The second-order valence-electron chi connectivity index (χ2n) is 8.36. The van der Waals surface area contributed by atoms with E-state index >= 15 is 0 Å². The number of fused-ring (bicyclic) bond motifs is 1. The zero-order chi connectivity index (χ0) is 22.0. The zero-order valence-electron chi connectivity index (χ0n) is 18.2. The van der Waals surface area contributed by atoms with Gasteiger partial charge >= 0.3 is 5.97 Å². The minimum Gasteiger partial charge on any atom is -0.449 e. The molecule has 1 fully saturated rings. The number of para-hydroxylation sites is 1. The molecule has 160 valence electrons. The molecule has 5 heteroatoms. The van der Waals surface area contributed by atoms with Gasteiger partial charge in [0.1, 0.15) is 0 Å². The SMILES string of the molecule is C[C@@H]1CCC[C@H](C)N1C(=O)[C@@H](C)OC(=O)c1cc(-c2ccccc2)nc2ccccc12. The van der Waals surface area contributed by atoms with Gasteiger partial charge in [0.15, 0.2) is 6.10 Å². The molecule has 3 aromatic rings. The first-order valence-electron chi connectivity index (χ1n) is 10.9. The summed E-state index contributed by atoms with van der Waals surface area (Å²) in [7, 11) is 0. The molecule has 31 heavy (non-hydrogen) atoms. The molecule has 2 aromatic carbocycles. The number of rotatable bonds is 4. The predicted octanol–water partition coefficient (Wildman–Crippen LogP) is 5.24. The number of nitrogens with zero attached hydrogens (tertiary/aromatic N) is 2. The third-order valence-electron chi connectivity index (χ3n) is 6.09. The topological polar surface area (TPSA) is 59.5 Å². The Labute approximate surface area is 183 Å². The summed E-state index contributed by atoms with van der Waals surface area (Å²) in [6.07, 6.45) is 2.23. The van der Waals surface area contributed by atoms with Crippen LogP contribution in [-0.2, 0) is 9.53 Å². The highest BCUT2D eigenvalue weighted by Crippen LogP contribution is 2.27. The van der Waals surface area contributed by atoms with Gasteiger partial charge in [-0.2, -0.15) is 0 Å². The van der Waals surface area contributed by atoms with Crippen LogP contribution in [0.1, 0.15) is 50.4 Å². The van der Waals surface area contributed by atoms with Crippen LogP contribution in [0.4, 0.5) is 0 Å². The molecule has 1 aliphatic heterocycles. The second kappa shape index (κ2) is 8.88. The summed E-state index contributed by atoms with van der Waals surface area (Å²) >= 11 is 0. The lowest BCUT2D eigenvalue weighted by Gasteiger charge is -2.40. The number of carbonyl (C=O) groups is 2. The van der Waals surface area contributed by atoms with E-state index < -0.39 is 12.1 Å². The van der Waals surface area contributed by atoms with Crippen LogP contribution in [-0.4, -0.2) is 39.9 Å². The van der Waals surface area contributed by atoms with Crippen LogP contribution >= 0.6 is 0 Å². The van der Waals surface area contributed by atoms with Crippen LogP contribution < -0.4 is 0 Å². The van der Waals surface area contributed by atoms with E-state index in [1.54, 1.807) is 13.0 Å². The van der Waals surface area contributed by atoms with Crippen molar-refractivity contribution < 1.29 is 14.3 Å². The average Bonchev–Trinajstić information content (AvgIpc) is 2.78. The van der Waals surface area contributed by atoms with Gasteiger partial charge in [0.2, 0.25) is 0 Å². The van der Waals surface area contributed by atoms with Gasteiger partial charge in [0, 0.05) is 23.0 Å². The number of esters is 1. The molecule has 3 atom stereocenters. The molecule has 4 rings (SSSR count). The maximum Gasteiger partial charge on any atom is 0.339 e. The van der Waals surface area contributed by atoms with E-state index in [1.165, 1.54) is 0 Å². The van der Waals surface area contributed by atoms with Crippen LogP contribution in [0.3, 0.4) is 0 Å². The number of benzene rings is 2. The number of likely N-dealkylation sites (tertiary alicyclic amines) is 1. The van der Waals surface area contributed by atoms with Crippen molar-refractivity contribution in [1.29, 1.82) is 0 Å². The summed E-state index contributed by atoms with van der Waals surface area (Å²) in [4.78, 5) is 32.8. The molecule has 1 aliphatic rings. The van der Waals surface area contributed by atoms with Crippen LogP contribution in [0.5, 0.6) is 0 Å². The molecule has 0 aliphatic carbocycles. The van der Waals surface area contributed by atoms with Crippen LogP contribution in [0.15, 0.2) is 60.7 Å². The molecule has 1 saturated heterocycles. The Kier molecular flexibility index (Phi) is 6.03. The number of ether oxygens (including phenoxy) is 1. The van der Waals surface area contributed by atoms with Crippen LogP contribution in [0, 0.1) is 0 Å². The number of aromatic nitrogens is 1. The van der Waals surface area contributed by atoms with E-state index in [1.807, 2.05) is 59.5 Å². The smallest absolute Gasteiger partial charge is 0.339 e. The quantitative estimate of drug-likeness (QED) is 0.546. The number of pyridine rings is 1. The van der Waals surface area contributed by atoms with Gasteiger partial charge in [-0.15, -0.1) is 0 Å². The predicted molar refractivity (Wildman–Crippen MR) is 122 cm³/mol. The van der Waals surface area contributed by atoms with E-state index in [4.69, 9.17) is 9.72 Å². The molecular formula is C26H28N2O3. The molecule has 0 radical (unpaired) electrons. The van der Waals surface area contributed by atoms with Crippen LogP contribution in [0.2, 0.25) is 0 Å². The van der Waals surface area contributed by atoms with Crippen molar-refractivity contribution in [3.63, 3.8) is 0 Å². The molecule has 0 bridgehead atoms. The Morgan fingerprint density at radius 1 is 1.00 bits per heavy atom. The van der Waals surface area contributed by atoms with Crippen LogP contribution in [0.25, 0.3) is 22.2 Å². The minimum absolute atomic E-state index is 0.130. The van der Waals surface area contributed by atoms with Crippen molar-refractivity contribution in [1.82, 2.24) is 9.88 Å². The summed E-state index contributed by atoms with van der Waals surface area (Å²) in [5.41, 5.74) is 2.75. The lowest BCUT2D eigenvalue weighted by molar-refractivity contribution is -0.146. The fourth-order valence-corrected chi connectivity index (χ4v) is 4.44. The second-order valence-corrected chi connectivity index (χ2v) is 8.36. The Balaban J connectivity index is 1.63. The van der Waals surface area contributed by atoms with Crippen molar-refractivity contribution in [3.8, 4) is 11.3 Å². The zero-order valence-corrected chi connectivity index (χ0v) is 18.2. The Morgan fingerprint density at radius 2 is 1.65 bits per heavy atom. The van der Waals surface area contributed by atoms with E-state index in [9.17, 15) is 9.59 Å². The van der Waals surface area contributed by atoms with Gasteiger partial charge in [0.25, 0.3) is 5.91 Å². The van der Waals surface area contributed by atoms with Crippen molar-refractivity contribution in [2.45, 2.75) is 58.2 Å². The molecule has 1 aromatic heterocycles. The van der Waals surface area contributed by atoms with Gasteiger partial charge in [-0.25, -0.2) is 9.78 Å². The molecule has 2 heterocycles. The van der Waals surface area contributed by atoms with E-state index in [-0.39, 0.29) is 18.0 Å². The monoisotopic (exact) mass is 416 g/mol. The molecule has 5 nitrogen and oxygen atoms in total. The van der Waals surface area contributed by atoms with Gasteiger partial charge in [-0.05, 0) is 52.2 Å². The summed E-state index contributed by atoms with van der Waals surface area (Å²) in [6, 6.07) is 19.3. The fraction of sp³-hybridized carbons (Fsp3) is 0.346. The third-order valence-corrected chi connectivity index (χ3v) is 6.09. The number of carbonyl (C=O) groups excluding carboxylic acids is 2. The molecule has 0 N–H and O–H groups in total. The van der Waals surface area contributed by atoms with Gasteiger partial charge < -0.3 is 9.64 Å². The maximum absolute atomic E-state index is 13.2. The minimum atomic E-state index is -0.845. The number of piperidine rings is 1. The van der Waals surface area contributed by atoms with E-state index in [0.29, 0.717) is 22.2 Å². The van der Waals surface area contributed by atoms with Gasteiger partial charge in [-0.3, -0.25) is 4.79 Å². The summed E-state index contributed by atoms with van der Waals surface area (Å²) in [5.74, 6) is -0.636. The standard InChI is InChI=1S/C26H28N2O3/c1-17-10-9-11-18(2)28(17)25(29)19(3)31-26(30)22-16-24(20-12-5-4-6-13-20)27-23-15-8-7-14-21(22)23/h4-8,12-19H,9-11H2,1-3H3/t17-,18+,19-/m1/s1. The summed E-state index contributed by atoms with van der Waals surface area (Å²) in [6.45, 7) is 5.78. The van der Waals surface area contributed by atoms with E-state index in [2.05, 4.69) is 13.8 Å². The molecule has 0 spiro atoms. The first kappa shape index (κ1) is 21.0. The maximum atomic E-state index is 13.2. The molecule has 0 unspecified atom stereocenters. The average molecular weight is 417 g/mol. The normalized spacial score (nSPS) is 19.8. The highest BCUT2D eigenvalue weighted by atomic mass is 16.5. The fourth-order valence-electron chi connectivity index (χ4n) is 4.44. The Bertz CT molecular complexity index is 1090. The van der Waals surface area contributed by atoms with Gasteiger partial charge in [0.05, 0.1) is 16.8 Å². The lowest BCUT2D eigenvalue weighted by atomic mass is 9.97. The highest BCUT2D eigenvalue weighted by molar-refractivity contribution is 6.05.